The minimum Gasteiger partial charge on any atom is -0.508 e. The fourth-order valence-electron chi connectivity index (χ4n) is 3.13. The first kappa shape index (κ1) is 19.8. The van der Waals surface area contributed by atoms with Crippen LogP contribution in [0, 0.1) is 0 Å². The van der Waals surface area contributed by atoms with E-state index in [9.17, 15) is 30.3 Å². The largest absolute Gasteiger partial charge is 0.508 e. The predicted molar refractivity (Wildman–Crippen MR) is 102 cm³/mol. The number of aromatic amines is 1. The van der Waals surface area contributed by atoms with E-state index >= 15 is 0 Å². The van der Waals surface area contributed by atoms with Crippen LogP contribution in [0.2, 0.25) is 0 Å². The second-order valence-electron chi connectivity index (χ2n) is 6.55. The molecule has 0 spiro atoms. The zero-order valence-corrected chi connectivity index (χ0v) is 15.2. The third-order valence-electron chi connectivity index (χ3n) is 4.64. The molecule has 1 aromatic carbocycles. The number of aromatic hydroxyl groups is 2. The number of nitrogens with one attached hydrogen (secondary N) is 2. The molecule has 13 nitrogen and oxygen atoms in total. The lowest BCUT2D eigenvalue weighted by atomic mass is 10.1. The molecule has 4 rings (SSSR count). The lowest BCUT2D eigenvalue weighted by Crippen LogP contribution is -2.33. The second-order valence-corrected chi connectivity index (χ2v) is 6.55. The van der Waals surface area contributed by atoms with Crippen LogP contribution in [0.25, 0.3) is 11.2 Å². The number of imidazole rings is 1. The summed E-state index contributed by atoms with van der Waals surface area (Å²) in [5, 5.41) is 52.9. The van der Waals surface area contributed by atoms with Crippen molar-refractivity contribution < 1.29 is 30.3 Å². The van der Waals surface area contributed by atoms with Crippen LogP contribution in [0.3, 0.4) is 0 Å². The van der Waals surface area contributed by atoms with Gasteiger partial charge in [-0.2, -0.15) is 5.10 Å². The molecule has 13 heteroatoms. The minimum absolute atomic E-state index is 0.0430. The summed E-state index contributed by atoms with van der Waals surface area (Å²) in [5.74, 6) is -0.372. The van der Waals surface area contributed by atoms with Crippen LogP contribution < -0.4 is 11.0 Å². The van der Waals surface area contributed by atoms with E-state index in [0.29, 0.717) is 0 Å². The summed E-state index contributed by atoms with van der Waals surface area (Å²) in [6.07, 6.45) is -2.68. The number of ether oxygens (including phenoxy) is 1. The molecule has 30 heavy (non-hydrogen) atoms. The summed E-state index contributed by atoms with van der Waals surface area (Å²) < 4.78 is 6.76. The summed E-state index contributed by atoms with van der Waals surface area (Å²) in [7, 11) is 0. The summed E-state index contributed by atoms with van der Waals surface area (Å²) in [5.41, 5.74) is 2.31. The van der Waals surface area contributed by atoms with E-state index in [2.05, 4.69) is 25.5 Å². The Labute approximate surface area is 167 Å². The number of aliphatic hydroxyl groups is 3. The molecular weight excluding hydrogens is 400 g/mol. The molecule has 4 atom stereocenters. The van der Waals surface area contributed by atoms with E-state index in [0.717, 1.165) is 12.4 Å². The lowest BCUT2D eigenvalue weighted by molar-refractivity contribution is -0.0501. The highest BCUT2D eigenvalue weighted by atomic mass is 16.6. The lowest BCUT2D eigenvalue weighted by Gasteiger charge is -2.18. The first-order chi connectivity index (χ1) is 14.4. The van der Waals surface area contributed by atoms with Crippen molar-refractivity contribution in [1.29, 1.82) is 0 Å². The summed E-state index contributed by atoms with van der Waals surface area (Å²) in [6.45, 7) is -0.531. The topological polar surface area (TPSA) is 198 Å². The number of hydrogen-bond donors (Lipinski definition) is 7. The smallest absolute Gasteiger partial charge is 0.278 e. The van der Waals surface area contributed by atoms with E-state index in [-0.39, 0.29) is 34.2 Å². The van der Waals surface area contributed by atoms with Gasteiger partial charge in [-0.25, -0.2) is 15.4 Å². The zero-order valence-electron chi connectivity index (χ0n) is 15.2. The van der Waals surface area contributed by atoms with Crippen molar-refractivity contribution >= 4 is 23.3 Å². The highest BCUT2D eigenvalue weighted by molar-refractivity contribution is 5.84. The van der Waals surface area contributed by atoms with Gasteiger partial charge in [-0.05, 0) is 12.1 Å². The predicted octanol–water partition coefficient (Wildman–Crippen LogP) is -1.41. The molecule has 158 valence electrons. The molecule has 3 heterocycles. The van der Waals surface area contributed by atoms with Gasteiger partial charge in [0.05, 0.1) is 19.1 Å². The number of H-pyrrole nitrogens is 1. The number of rotatable bonds is 5. The number of aromatic nitrogens is 4. The maximum atomic E-state index is 12.1. The van der Waals surface area contributed by atoms with Crippen molar-refractivity contribution in [3.8, 4) is 11.5 Å². The fraction of sp³-hybridized carbons (Fsp3) is 0.294. The molecule has 0 aliphatic carbocycles. The number of anilines is 1. The molecule has 3 aromatic rings. The van der Waals surface area contributed by atoms with Gasteiger partial charge in [0.15, 0.2) is 17.4 Å². The average Bonchev–Trinajstić information content (AvgIpc) is 3.22. The molecule has 0 unspecified atom stereocenters. The van der Waals surface area contributed by atoms with Crippen molar-refractivity contribution in [2.75, 3.05) is 12.0 Å². The number of aliphatic hydroxyl groups excluding tert-OH is 3. The number of hydrogen-bond acceptors (Lipinski definition) is 11. The Bertz CT molecular complexity index is 1160. The zero-order chi connectivity index (χ0) is 21.4. The third-order valence-corrected chi connectivity index (χ3v) is 4.64. The van der Waals surface area contributed by atoms with Crippen molar-refractivity contribution in [3.05, 3.63) is 40.4 Å². The monoisotopic (exact) mass is 418 g/mol. The molecule has 1 fully saturated rings. The minimum atomic E-state index is -1.44. The average molecular weight is 418 g/mol. The Balaban J connectivity index is 1.73. The number of phenols is 2. The molecule has 2 aromatic heterocycles. The standard InChI is InChI=1S/C17H18N6O7/c24-5-10-12(27)13(28)16(30-10)23-14-11(15(29)19-6-18-14)21-17(23)22-20-4-7-1-2-8(25)3-9(7)26/h1-4,6,10,12-13,16,24-28H,5H2,(H,21,22)(H,18,19,29)/b20-4-/t10-,12-,13-,16-/m1/s1. The fourth-order valence-corrected chi connectivity index (χ4v) is 3.13. The van der Waals surface area contributed by atoms with Crippen LogP contribution in [0.4, 0.5) is 5.95 Å². The second kappa shape index (κ2) is 7.72. The Morgan fingerprint density at radius 3 is 2.80 bits per heavy atom. The SMILES string of the molecule is O=c1[nH]cnc2c1nc(N/N=C\c1ccc(O)cc1O)n2[C@@H]1O[C@H](CO)[C@@H](O)[C@H]1O. The van der Waals surface area contributed by atoms with Gasteiger partial charge >= 0.3 is 0 Å². The number of benzene rings is 1. The third kappa shape index (κ3) is 3.35. The Kier molecular flexibility index (Phi) is 5.09. The Morgan fingerprint density at radius 2 is 2.10 bits per heavy atom. The summed E-state index contributed by atoms with van der Waals surface area (Å²) >= 11 is 0. The molecule has 0 saturated carbocycles. The summed E-state index contributed by atoms with van der Waals surface area (Å²) in [4.78, 5) is 22.7. The molecule has 1 aliphatic rings. The maximum Gasteiger partial charge on any atom is 0.278 e. The van der Waals surface area contributed by atoms with Crippen molar-refractivity contribution in [3.63, 3.8) is 0 Å². The molecule has 0 bridgehead atoms. The Hall–Kier alpha value is -3.52. The van der Waals surface area contributed by atoms with Gasteiger partial charge in [0.25, 0.3) is 5.56 Å². The number of fused-ring (bicyclic) bond motifs is 1. The summed E-state index contributed by atoms with van der Waals surface area (Å²) in [6, 6.07) is 3.93. The first-order valence-corrected chi connectivity index (χ1v) is 8.80. The van der Waals surface area contributed by atoms with Crippen molar-refractivity contribution in [2.45, 2.75) is 24.5 Å². The maximum absolute atomic E-state index is 12.1. The van der Waals surface area contributed by atoms with E-state index in [1.165, 1.54) is 22.9 Å². The molecule has 1 saturated heterocycles. The molecule has 7 N–H and O–H groups in total. The van der Waals surface area contributed by atoms with E-state index in [1.807, 2.05) is 0 Å². The molecular formula is C17H18N6O7. The Morgan fingerprint density at radius 1 is 1.30 bits per heavy atom. The molecule has 0 amide bonds. The van der Waals surface area contributed by atoms with Crippen LogP contribution in [0.1, 0.15) is 11.8 Å². The molecule has 1 aliphatic heterocycles. The van der Waals surface area contributed by atoms with E-state index < -0.39 is 36.7 Å². The van der Waals surface area contributed by atoms with Crippen LogP contribution in [-0.2, 0) is 4.74 Å². The van der Waals surface area contributed by atoms with E-state index in [1.54, 1.807) is 0 Å². The van der Waals surface area contributed by atoms with Crippen LogP contribution >= 0.6 is 0 Å². The van der Waals surface area contributed by atoms with Crippen LogP contribution in [0.5, 0.6) is 11.5 Å². The van der Waals surface area contributed by atoms with Crippen LogP contribution in [-0.4, -0.2) is 76.2 Å². The van der Waals surface area contributed by atoms with Gasteiger partial charge in [0.2, 0.25) is 5.95 Å². The quantitative estimate of drug-likeness (QED) is 0.191. The highest BCUT2D eigenvalue weighted by Crippen LogP contribution is 2.33. The van der Waals surface area contributed by atoms with E-state index in [4.69, 9.17) is 4.74 Å². The normalized spacial score (nSPS) is 24.1. The van der Waals surface area contributed by atoms with Gasteiger partial charge < -0.3 is 35.3 Å². The number of hydrazone groups is 1. The first-order valence-electron chi connectivity index (χ1n) is 8.80. The van der Waals surface area contributed by atoms with Crippen LogP contribution in [0.15, 0.2) is 34.4 Å². The van der Waals surface area contributed by atoms with Gasteiger partial charge in [-0.1, -0.05) is 0 Å². The van der Waals surface area contributed by atoms with Crippen molar-refractivity contribution in [2.24, 2.45) is 5.10 Å². The van der Waals surface area contributed by atoms with Gasteiger partial charge in [0, 0.05) is 11.6 Å². The van der Waals surface area contributed by atoms with Gasteiger partial charge in [0.1, 0.15) is 29.8 Å². The van der Waals surface area contributed by atoms with Gasteiger partial charge in [-0.3, -0.25) is 9.36 Å². The van der Waals surface area contributed by atoms with Crippen molar-refractivity contribution in [1.82, 2.24) is 19.5 Å². The number of nitrogens with zero attached hydrogens (tertiary/aromatic N) is 4. The molecule has 0 radical (unpaired) electrons. The number of phenolic OH excluding ortho intramolecular Hbond substituents is 2. The highest BCUT2D eigenvalue weighted by Gasteiger charge is 2.45. The van der Waals surface area contributed by atoms with Gasteiger partial charge in [-0.15, -0.1) is 0 Å².